The Labute approximate surface area is 320 Å². The van der Waals surface area contributed by atoms with Crippen molar-refractivity contribution in [3.8, 4) is 33.1 Å². The molecule has 5 aromatic carbocycles. The van der Waals surface area contributed by atoms with Crippen LogP contribution in [0.15, 0.2) is 170 Å². The number of hydrogen-bond donors (Lipinski definition) is 0. The van der Waals surface area contributed by atoms with Crippen LogP contribution in [0.5, 0.6) is 0 Å². The smallest absolute Gasteiger partial charge is 0.164 e. The topological polar surface area (TPSA) is 56.5 Å². The second kappa shape index (κ2) is 16.4. The molecule has 0 saturated carbocycles. The summed E-state index contributed by atoms with van der Waals surface area (Å²) >= 11 is 1.78. The summed E-state index contributed by atoms with van der Waals surface area (Å²) in [6.45, 7) is 9.71. The van der Waals surface area contributed by atoms with Crippen LogP contribution in [0.3, 0.4) is 0 Å². The second-order valence-corrected chi connectivity index (χ2v) is 13.6. The molecule has 0 fully saturated rings. The highest BCUT2D eigenvalue weighted by atomic mass is 32.1. The quantitative estimate of drug-likeness (QED) is 0.147. The molecule has 0 N–H and O–H groups in total. The molecular formula is C48H41N5S. The van der Waals surface area contributed by atoms with Gasteiger partial charge in [0, 0.05) is 45.6 Å². The van der Waals surface area contributed by atoms with Gasteiger partial charge in [0.05, 0.1) is 15.7 Å². The molecule has 0 aliphatic heterocycles. The van der Waals surface area contributed by atoms with Gasteiger partial charge in [0.1, 0.15) is 5.01 Å². The van der Waals surface area contributed by atoms with Crippen LogP contribution in [0.25, 0.3) is 76.3 Å². The number of allylic oxidation sites excluding steroid dienone is 9. The maximum absolute atomic E-state index is 4.91. The average molecular weight is 720 g/mol. The second-order valence-electron chi connectivity index (χ2n) is 12.6. The largest absolute Gasteiger partial charge is 0.342 e. The summed E-state index contributed by atoms with van der Waals surface area (Å²) in [6.07, 6.45) is 13.6. The molecule has 3 heterocycles. The molecule has 0 spiro atoms. The normalized spacial score (nSPS) is 12.2. The maximum atomic E-state index is 4.91. The van der Waals surface area contributed by atoms with E-state index in [-0.39, 0.29) is 0 Å². The van der Waals surface area contributed by atoms with Gasteiger partial charge >= 0.3 is 0 Å². The molecule has 0 amide bonds. The fourth-order valence-electron chi connectivity index (χ4n) is 6.55. The van der Waals surface area contributed by atoms with Gasteiger partial charge in [-0.3, -0.25) is 0 Å². The lowest BCUT2D eigenvalue weighted by Crippen LogP contribution is -2.04. The Morgan fingerprint density at radius 1 is 0.611 bits per heavy atom. The van der Waals surface area contributed by atoms with Crippen LogP contribution >= 0.6 is 11.3 Å². The number of benzene rings is 5. The third kappa shape index (κ3) is 7.38. The Bertz CT molecular complexity index is 2660. The van der Waals surface area contributed by atoms with Gasteiger partial charge in [-0.1, -0.05) is 146 Å². The molecule has 0 atom stereocenters. The molecule has 0 unspecified atom stereocenters. The lowest BCUT2D eigenvalue weighted by Gasteiger charge is -2.09. The summed E-state index contributed by atoms with van der Waals surface area (Å²) in [5, 5.41) is 3.65. The first-order chi connectivity index (χ1) is 26.5. The fraction of sp³-hybridized carbons (Fsp3) is 0.0833. The summed E-state index contributed by atoms with van der Waals surface area (Å²) in [5.74, 6) is 1.94. The first-order valence-corrected chi connectivity index (χ1v) is 18.8. The highest BCUT2D eigenvalue weighted by molar-refractivity contribution is 7.22. The molecular weight excluding hydrogens is 679 g/mol. The van der Waals surface area contributed by atoms with E-state index in [9.17, 15) is 0 Å². The molecule has 0 radical (unpaired) electrons. The highest BCUT2D eigenvalue weighted by Gasteiger charge is 2.16. The molecule has 0 bridgehead atoms. The third-order valence-corrected chi connectivity index (χ3v) is 10.3. The predicted molar refractivity (Wildman–Crippen MR) is 231 cm³/mol. The van der Waals surface area contributed by atoms with Crippen LogP contribution in [0.1, 0.15) is 32.4 Å². The average Bonchev–Trinajstić information content (AvgIpc) is 3.79. The van der Waals surface area contributed by atoms with Gasteiger partial charge in [-0.2, -0.15) is 0 Å². The minimum atomic E-state index is 0.630. The summed E-state index contributed by atoms with van der Waals surface area (Å²) < 4.78 is 3.57. The van der Waals surface area contributed by atoms with Crippen LogP contribution in [0, 0.1) is 0 Å². The zero-order valence-electron chi connectivity index (χ0n) is 30.9. The molecule has 54 heavy (non-hydrogen) atoms. The van der Waals surface area contributed by atoms with Crippen molar-refractivity contribution >= 4 is 54.5 Å². The molecule has 0 aliphatic rings. The van der Waals surface area contributed by atoms with Crippen LogP contribution in [-0.4, -0.2) is 24.5 Å². The van der Waals surface area contributed by atoms with Gasteiger partial charge in [0.15, 0.2) is 17.5 Å². The lowest BCUT2D eigenvalue weighted by molar-refractivity contribution is 1.00. The molecule has 5 nitrogen and oxygen atoms in total. The van der Waals surface area contributed by atoms with Gasteiger partial charge in [-0.05, 0) is 56.2 Å². The summed E-state index contributed by atoms with van der Waals surface area (Å²) in [4.78, 5) is 18.9. The lowest BCUT2D eigenvalue weighted by atomic mass is 10.0. The number of aryl methyl sites for hydroxylation is 1. The van der Waals surface area contributed by atoms with E-state index in [1.807, 2.05) is 93.6 Å². The molecule has 264 valence electrons. The van der Waals surface area contributed by atoms with E-state index in [1.54, 1.807) is 17.4 Å². The Morgan fingerprint density at radius 3 is 1.85 bits per heavy atom. The summed E-state index contributed by atoms with van der Waals surface area (Å²) in [6, 6.07) is 42.1. The molecule has 8 rings (SSSR count). The number of thiazole rings is 1. The molecule has 0 saturated heterocycles. The van der Waals surface area contributed by atoms with Crippen molar-refractivity contribution in [1.29, 1.82) is 0 Å². The van der Waals surface area contributed by atoms with Crippen molar-refractivity contribution in [2.24, 2.45) is 7.05 Å². The Morgan fingerprint density at radius 2 is 1.22 bits per heavy atom. The minimum Gasteiger partial charge on any atom is -0.342 e. The van der Waals surface area contributed by atoms with Crippen molar-refractivity contribution in [3.05, 3.63) is 182 Å². The summed E-state index contributed by atoms with van der Waals surface area (Å²) in [7, 11) is 2.16. The van der Waals surface area contributed by atoms with E-state index in [2.05, 4.69) is 118 Å². The SMILES string of the molecule is C=C/C=C(\C=C/C)c1nc(C(/C=C\C)=C/C)nc(-c2ccccc2)n1.Cn1c2ccc(-c3ccccc3)cc2c2ccc3nc(-c4ccccc4)sc3c21. The van der Waals surface area contributed by atoms with Crippen LogP contribution in [0.4, 0.5) is 0 Å². The Kier molecular flexibility index (Phi) is 10.9. The van der Waals surface area contributed by atoms with Crippen molar-refractivity contribution < 1.29 is 0 Å². The third-order valence-electron chi connectivity index (χ3n) is 9.13. The van der Waals surface area contributed by atoms with Gasteiger partial charge in [0.2, 0.25) is 0 Å². The van der Waals surface area contributed by atoms with Crippen LogP contribution < -0.4 is 0 Å². The van der Waals surface area contributed by atoms with E-state index in [1.165, 1.54) is 43.2 Å². The number of fused-ring (bicyclic) bond motifs is 5. The molecule has 3 aromatic heterocycles. The van der Waals surface area contributed by atoms with Crippen LogP contribution in [-0.2, 0) is 7.05 Å². The zero-order chi connectivity index (χ0) is 37.4. The Balaban J connectivity index is 0.000000169. The zero-order valence-corrected chi connectivity index (χ0v) is 31.8. The minimum absolute atomic E-state index is 0.630. The standard InChI is InChI=1S/C26H18N2S.C22H23N3/c1-28-23-15-12-19(17-8-4-2-5-9-17)16-21(23)20-13-14-22-25(24(20)28)29-26(27-22)18-10-6-3-7-11-18;1-5-12-17(8-4)20-23-21(18(13-6-2)14-7-3)25-22(24-20)19-15-10-9-11-16-19/h2-16H,1H3;5-16H,2H2,1,3-4H3/b;12-5-,14-7-,17-8+,18-13+. The Hall–Kier alpha value is -6.50. The highest BCUT2D eigenvalue weighted by Crippen LogP contribution is 2.40. The monoisotopic (exact) mass is 719 g/mol. The van der Waals surface area contributed by atoms with Crippen LogP contribution in [0.2, 0.25) is 0 Å². The first kappa shape index (κ1) is 35.9. The van der Waals surface area contributed by atoms with Gasteiger partial charge < -0.3 is 4.57 Å². The van der Waals surface area contributed by atoms with Crippen molar-refractivity contribution in [2.45, 2.75) is 20.8 Å². The van der Waals surface area contributed by atoms with Crippen molar-refractivity contribution in [3.63, 3.8) is 0 Å². The fourth-order valence-corrected chi connectivity index (χ4v) is 7.70. The van der Waals surface area contributed by atoms with Gasteiger partial charge in [-0.15, -0.1) is 11.3 Å². The molecule has 0 aliphatic carbocycles. The number of rotatable bonds is 8. The first-order valence-electron chi connectivity index (χ1n) is 18.0. The van der Waals surface area contributed by atoms with E-state index >= 15 is 0 Å². The predicted octanol–water partition coefficient (Wildman–Crippen LogP) is 12.9. The van der Waals surface area contributed by atoms with E-state index < -0.39 is 0 Å². The van der Waals surface area contributed by atoms with E-state index in [4.69, 9.17) is 4.98 Å². The van der Waals surface area contributed by atoms with Gasteiger partial charge in [0.25, 0.3) is 0 Å². The van der Waals surface area contributed by atoms with Crippen molar-refractivity contribution in [2.75, 3.05) is 0 Å². The number of hydrogen-bond acceptors (Lipinski definition) is 5. The molecule has 6 heteroatoms. The van der Waals surface area contributed by atoms with E-state index in [0.717, 1.165) is 27.2 Å². The van der Waals surface area contributed by atoms with E-state index in [0.29, 0.717) is 17.5 Å². The number of aromatic nitrogens is 5. The van der Waals surface area contributed by atoms with Gasteiger partial charge in [-0.25, -0.2) is 19.9 Å². The molecule has 8 aromatic rings. The summed E-state index contributed by atoms with van der Waals surface area (Å²) in [5.41, 5.74) is 10.1. The maximum Gasteiger partial charge on any atom is 0.164 e. The van der Waals surface area contributed by atoms with Crippen molar-refractivity contribution in [1.82, 2.24) is 24.5 Å². The number of nitrogens with zero attached hydrogens (tertiary/aromatic N) is 5.